The third-order valence-corrected chi connectivity index (χ3v) is 5.80. The maximum atomic E-state index is 13.3. The van der Waals surface area contributed by atoms with Crippen molar-refractivity contribution in [1.82, 2.24) is 10.3 Å². The fourth-order valence-corrected chi connectivity index (χ4v) is 4.08. The molecular formula is C26H22N2O6. The number of nitrogens with zero attached hydrogens (tertiary/aromatic N) is 1. The monoisotopic (exact) mass is 458 g/mol. The van der Waals surface area contributed by atoms with Crippen LogP contribution in [0.15, 0.2) is 76.3 Å². The van der Waals surface area contributed by atoms with Crippen LogP contribution in [0.3, 0.4) is 0 Å². The van der Waals surface area contributed by atoms with Crippen molar-refractivity contribution in [3.8, 4) is 17.2 Å². The molecular weight excluding hydrogens is 436 g/mol. The van der Waals surface area contributed by atoms with Crippen molar-refractivity contribution in [2.75, 3.05) is 13.3 Å². The molecule has 1 amide bonds. The quantitative estimate of drug-likeness (QED) is 0.436. The lowest BCUT2D eigenvalue weighted by molar-refractivity contribution is -0.121. The first-order chi connectivity index (χ1) is 16.6. The van der Waals surface area contributed by atoms with Gasteiger partial charge in [0, 0.05) is 54.4 Å². The number of nitrogens with one attached hydrogen (secondary N) is 1. The van der Waals surface area contributed by atoms with Gasteiger partial charge >= 0.3 is 0 Å². The van der Waals surface area contributed by atoms with Crippen molar-refractivity contribution in [3.63, 3.8) is 0 Å². The first-order valence-corrected chi connectivity index (χ1v) is 10.9. The summed E-state index contributed by atoms with van der Waals surface area (Å²) in [4.78, 5) is 30.5. The zero-order chi connectivity index (χ0) is 23.5. The van der Waals surface area contributed by atoms with Gasteiger partial charge in [0.2, 0.25) is 12.7 Å². The molecule has 172 valence electrons. The van der Waals surface area contributed by atoms with Crippen LogP contribution in [0, 0.1) is 0 Å². The van der Waals surface area contributed by atoms with Crippen LogP contribution in [0.2, 0.25) is 0 Å². The van der Waals surface area contributed by atoms with E-state index in [-0.39, 0.29) is 35.9 Å². The molecule has 5 rings (SSSR count). The number of hydrogen-bond donors (Lipinski definition) is 2. The van der Waals surface area contributed by atoms with Gasteiger partial charge in [-0.25, -0.2) is 0 Å². The number of amides is 1. The second-order valence-electron chi connectivity index (χ2n) is 7.96. The number of carbonyl (C=O) groups is 1. The van der Waals surface area contributed by atoms with Crippen molar-refractivity contribution in [3.05, 3.63) is 94.1 Å². The number of aromatic nitrogens is 1. The molecule has 1 aliphatic rings. The summed E-state index contributed by atoms with van der Waals surface area (Å²) in [5, 5.41) is 14.0. The molecule has 3 heterocycles. The summed E-state index contributed by atoms with van der Waals surface area (Å²) in [5.41, 5.74) is 1.71. The first-order valence-electron chi connectivity index (χ1n) is 10.9. The Morgan fingerprint density at radius 1 is 1.06 bits per heavy atom. The summed E-state index contributed by atoms with van der Waals surface area (Å²) in [5.74, 6) is -0.275. The van der Waals surface area contributed by atoms with Crippen LogP contribution in [0.25, 0.3) is 11.0 Å². The predicted octanol–water partition coefficient (Wildman–Crippen LogP) is 3.50. The molecule has 8 heteroatoms. The molecule has 0 fully saturated rings. The van der Waals surface area contributed by atoms with Crippen molar-refractivity contribution in [2.45, 2.75) is 18.8 Å². The molecule has 8 nitrogen and oxygen atoms in total. The number of hydrogen-bond acceptors (Lipinski definition) is 7. The first kappa shape index (κ1) is 21.5. The van der Waals surface area contributed by atoms with E-state index in [1.54, 1.807) is 36.5 Å². The summed E-state index contributed by atoms with van der Waals surface area (Å²) in [6.45, 7) is 0.428. The topological polar surface area (TPSA) is 111 Å². The van der Waals surface area contributed by atoms with E-state index in [2.05, 4.69) is 10.3 Å². The Morgan fingerprint density at radius 2 is 1.85 bits per heavy atom. The number of benzene rings is 2. The number of rotatable bonds is 7. The van der Waals surface area contributed by atoms with Gasteiger partial charge in [0.25, 0.3) is 0 Å². The van der Waals surface area contributed by atoms with Crippen LogP contribution in [-0.2, 0) is 11.2 Å². The number of phenols is 1. The Bertz CT molecular complexity index is 1400. The minimum atomic E-state index is -0.759. The molecule has 0 saturated heterocycles. The predicted molar refractivity (Wildman–Crippen MR) is 124 cm³/mol. The van der Waals surface area contributed by atoms with Crippen LogP contribution >= 0.6 is 0 Å². The minimum absolute atomic E-state index is 0.0367. The highest BCUT2D eigenvalue weighted by Gasteiger charge is 2.28. The molecule has 4 aromatic rings. The lowest BCUT2D eigenvalue weighted by atomic mass is 9.87. The molecule has 1 aliphatic heterocycles. The van der Waals surface area contributed by atoms with E-state index in [4.69, 9.17) is 13.9 Å². The van der Waals surface area contributed by atoms with Crippen molar-refractivity contribution < 1.29 is 23.8 Å². The highest BCUT2D eigenvalue weighted by molar-refractivity contribution is 5.80. The normalized spacial score (nSPS) is 13.1. The second kappa shape index (κ2) is 9.27. The summed E-state index contributed by atoms with van der Waals surface area (Å²) in [7, 11) is 0. The number of phenolic OH excluding ortho intramolecular Hbond substituents is 1. The van der Waals surface area contributed by atoms with Crippen LogP contribution in [0.1, 0.15) is 29.2 Å². The van der Waals surface area contributed by atoms with Gasteiger partial charge in [0.15, 0.2) is 16.9 Å². The van der Waals surface area contributed by atoms with Crippen molar-refractivity contribution in [1.29, 1.82) is 0 Å². The maximum absolute atomic E-state index is 13.3. The van der Waals surface area contributed by atoms with E-state index >= 15 is 0 Å². The Balaban J connectivity index is 1.46. The fraction of sp³-hybridized carbons (Fsp3) is 0.192. The van der Waals surface area contributed by atoms with Crippen LogP contribution in [0.5, 0.6) is 17.2 Å². The number of carbonyl (C=O) groups excluding carboxylic acids is 1. The van der Waals surface area contributed by atoms with Gasteiger partial charge < -0.3 is 24.3 Å². The minimum Gasteiger partial charge on any atom is -0.508 e. The standard InChI is InChI=1S/C26H22N2O6/c29-21-13-24-23(33-15-34-24)11-19(21)18(12-25(30)28-10-8-16-5-3-4-9-27-16)20-14-32-22-7-2-1-6-17(22)26(20)31/h1-7,9,11,13-14,18,29H,8,10,12,15H2,(H,28,30). The summed E-state index contributed by atoms with van der Waals surface area (Å²) in [6, 6.07) is 15.6. The largest absolute Gasteiger partial charge is 0.508 e. The average molecular weight is 458 g/mol. The SMILES string of the molecule is O=C(CC(c1cc2c(cc1O)OCO2)c1coc2ccccc2c1=O)NCCc1ccccn1. The molecule has 34 heavy (non-hydrogen) atoms. The summed E-state index contributed by atoms with van der Waals surface area (Å²) >= 11 is 0. The molecule has 0 spiro atoms. The molecule has 2 aromatic heterocycles. The number of para-hydroxylation sites is 1. The zero-order valence-corrected chi connectivity index (χ0v) is 18.2. The smallest absolute Gasteiger partial charge is 0.231 e. The molecule has 1 atom stereocenters. The van der Waals surface area contributed by atoms with Gasteiger partial charge in [-0.3, -0.25) is 14.6 Å². The van der Waals surface area contributed by atoms with Gasteiger partial charge in [0.1, 0.15) is 11.3 Å². The molecule has 2 aromatic carbocycles. The molecule has 0 saturated carbocycles. The van der Waals surface area contributed by atoms with E-state index in [9.17, 15) is 14.7 Å². The van der Waals surface area contributed by atoms with Crippen molar-refractivity contribution in [2.24, 2.45) is 0 Å². The van der Waals surface area contributed by atoms with E-state index in [0.29, 0.717) is 41.0 Å². The fourth-order valence-electron chi connectivity index (χ4n) is 4.08. The maximum Gasteiger partial charge on any atom is 0.231 e. The lowest BCUT2D eigenvalue weighted by Crippen LogP contribution is -2.28. The van der Waals surface area contributed by atoms with Gasteiger partial charge in [0.05, 0.1) is 11.6 Å². The number of ether oxygens (including phenoxy) is 2. The van der Waals surface area contributed by atoms with Crippen LogP contribution in [-0.4, -0.2) is 29.3 Å². The third kappa shape index (κ3) is 4.30. The Kier molecular flexibility index (Phi) is 5.86. The van der Waals surface area contributed by atoms with Crippen LogP contribution in [0.4, 0.5) is 0 Å². The summed E-state index contributed by atoms with van der Waals surface area (Å²) in [6.07, 6.45) is 3.57. The van der Waals surface area contributed by atoms with Gasteiger partial charge in [-0.2, -0.15) is 0 Å². The summed E-state index contributed by atoms with van der Waals surface area (Å²) < 4.78 is 16.5. The molecule has 0 bridgehead atoms. The van der Waals surface area contributed by atoms with E-state index in [1.807, 2.05) is 18.2 Å². The lowest BCUT2D eigenvalue weighted by Gasteiger charge is -2.19. The van der Waals surface area contributed by atoms with Gasteiger partial charge in [-0.15, -0.1) is 0 Å². The third-order valence-electron chi connectivity index (χ3n) is 5.80. The Hall–Kier alpha value is -4.33. The Labute approximate surface area is 194 Å². The highest BCUT2D eigenvalue weighted by Crippen LogP contribution is 2.42. The Morgan fingerprint density at radius 3 is 2.68 bits per heavy atom. The number of pyridine rings is 1. The van der Waals surface area contributed by atoms with Gasteiger partial charge in [-0.1, -0.05) is 18.2 Å². The van der Waals surface area contributed by atoms with E-state index in [0.717, 1.165) is 5.69 Å². The van der Waals surface area contributed by atoms with Gasteiger partial charge in [-0.05, 0) is 30.3 Å². The molecule has 1 unspecified atom stereocenters. The van der Waals surface area contributed by atoms with Crippen LogP contribution < -0.4 is 20.2 Å². The number of aromatic hydroxyl groups is 1. The highest BCUT2D eigenvalue weighted by atomic mass is 16.7. The second-order valence-corrected chi connectivity index (χ2v) is 7.96. The van der Waals surface area contributed by atoms with E-state index in [1.165, 1.54) is 12.3 Å². The molecule has 0 radical (unpaired) electrons. The molecule has 2 N–H and O–H groups in total. The van der Waals surface area contributed by atoms with Crippen molar-refractivity contribution >= 4 is 16.9 Å². The number of fused-ring (bicyclic) bond motifs is 2. The van der Waals surface area contributed by atoms with E-state index < -0.39 is 5.92 Å². The molecule has 0 aliphatic carbocycles. The zero-order valence-electron chi connectivity index (χ0n) is 18.2. The average Bonchev–Trinajstić information content (AvgIpc) is 3.31.